The minimum atomic E-state index is 0.420. The second-order valence-electron chi connectivity index (χ2n) is 5.06. The standard InChI is InChI=1S/C19H20N2O4/c1-21-15(9-12-6-7-16(22-2)14(20)8-12)13-10-17(23-3)19(25-5)18(11-13)24-4/h6-11H,20H2,2-5H3/b15-9+. The Balaban J connectivity index is 2.54. The van der Waals surface area contributed by atoms with Gasteiger partial charge in [-0.3, -0.25) is 0 Å². The summed E-state index contributed by atoms with van der Waals surface area (Å²) in [5, 5.41) is 0. The molecule has 0 aliphatic rings. The van der Waals surface area contributed by atoms with Gasteiger partial charge in [-0.15, -0.1) is 0 Å². The molecule has 0 aromatic heterocycles. The van der Waals surface area contributed by atoms with E-state index in [9.17, 15) is 0 Å². The summed E-state index contributed by atoms with van der Waals surface area (Å²) in [7, 11) is 6.16. The molecule has 0 aliphatic carbocycles. The average Bonchev–Trinajstić information content (AvgIpc) is 2.64. The van der Waals surface area contributed by atoms with Crippen LogP contribution in [-0.4, -0.2) is 28.4 Å². The van der Waals surface area contributed by atoms with Crippen LogP contribution in [0.3, 0.4) is 0 Å². The van der Waals surface area contributed by atoms with Gasteiger partial charge < -0.3 is 24.7 Å². The van der Waals surface area contributed by atoms with Crippen LogP contribution in [0.2, 0.25) is 0 Å². The van der Waals surface area contributed by atoms with Gasteiger partial charge in [-0.05, 0) is 41.5 Å². The van der Waals surface area contributed by atoms with E-state index < -0.39 is 0 Å². The van der Waals surface area contributed by atoms with Gasteiger partial charge in [0.1, 0.15) is 5.75 Å². The van der Waals surface area contributed by atoms with E-state index in [1.54, 1.807) is 37.5 Å². The Morgan fingerprint density at radius 1 is 0.920 bits per heavy atom. The molecule has 0 bridgehead atoms. The molecule has 25 heavy (non-hydrogen) atoms. The number of benzene rings is 2. The van der Waals surface area contributed by atoms with E-state index in [4.69, 9.17) is 31.3 Å². The number of methoxy groups -OCH3 is 4. The van der Waals surface area contributed by atoms with E-state index in [0.29, 0.717) is 39.9 Å². The Kier molecular flexibility index (Phi) is 5.75. The molecule has 130 valence electrons. The highest BCUT2D eigenvalue weighted by Gasteiger charge is 2.15. The van der Waals surface area contributed by atoms with Crippen molar-refractivity contribution in [2.24, 2.45) is 0 Å². The summed E-state index contributed by atoms with van der Waals surface area (Å²) in [4.78, 5) is 3.62. The maximum atomic E-state index is 7.52. The molecule has 0 unspecified atom stereocenters. The number of anilines is 1. The molecule has 0 spiro atoms. The SMILES string of the molecule is [C-]#[N+]/C(=C/c1ccc(OC)c(N)c1)c1cc(OC)c(OC)c(OC)c1. The van der Waals surface area contributed by atoms with Crippen LogP contribution in [0, 0.1) is 6.57 Å². The summed E-state index contributed by atoms with van der Waals surface area (Å²) in [5.74, 6) is 2.04. The molecule has 0 amide bonds. The zero-order chi connectivity index (χ0) is 18.4. The maximum absolute atomic E-state index is 7.52. The molecule has 0 fully saturated rings. The van der Waals surface area contributed by atoms with E-state index in [2.05, 4.69) is 4.85 Å². The first-order chi connectivity index (χ1) is 12.1. The van der Waals surface area contributed by atoms with Gasteiger partial charge in [-0.1, -0.05) is 6.07 Å². The molecule has 2 rings (SSSR count). The second kappa shape index (κ2) is 7.97. The topological polar surface area (TPSA) is 67.3 Å². The molecule has 2 aromatic rings. The summed E-state index contributed by atoms with van der Waals surface area (Å²) in [6.45, 7) is 7.52. The first-order valence-electron chi connectivity index (χ1n) is 7.41. The Bertz CT molecular complexity index is 813. The predicted molar refractivity (Wildman–Crippen MR) is 98.0 cm³/mol. The van der Waals surface area contributed by atoms with Crippen LogP contribution in [0.25, 0.3) is 16.6 Å². The van der Waals surface area contributed by atoms with Crippen molar-refractivity contribution in [1.29, 1.82) is 0 Å². The lowest BCUT2D eigenvalue weighted by molar-refractivity contribution is 0.324. The third kappa shape index (κ3) is 3.78. The van der Waals surface area contributed by atoms with Crippen molar-refractivity contribution in [2.45, 2.75) is 0 Å². The quantitative estimate of drug-likeness (QED) is 0.493. The minimum absolute atomic E-state index is 0.420. The first kappa shape index (κ1) is 18.0. The van der Waals surface area contributed by atoms with Crippen LogP contribution in [0.1, 0.15) is 11.1 Å². The number of nitrogens with zero attached hydrogens (tertiary/aromatic N) is 1. The van der Waals surface area contributed by atoms with Crippen molar-refractivity contribution >= 4 is 17.5 Å². The van der Waals surface area contributed by atoms with Crippen molar-refractivity contribution in [3.05, 3.63) is 52.9 Å². The third-order valence-electron chi connectivity index (χ3n) is 3.64. The average molecular weight is 340 g/mol. The normalized spacial score (nSPS) is 10.8. The van der Waals surface area contributed by atoms with Crippen molar-refractivity contribution in [2.75, 3.05) is 34.2 Å². The third-order valence-corrected chi connectivity index (χ3v) is 3.64. The molecule has 2 N–H and O–H groups in total. The molecule has 0 saturated carbocycles. The van der Waals surface area contributed by atoms with Crippen molar-refractivity contribution < 1.29 is 18.9 Å². The zero-order valence-electron chi connectivity index (χ0n) is 14.6. The smallest absolute Gasteiger partial charge is 0.203 e. The highest BCUT2D eigenvalue weighted by molar-refractivity contribution is 5.87. The highest BCUT2D eigenvalue weighted by Crippen LogP contribution is 2.40. The van der Waals surface area contributed by atoms with Crippen LogP contribution in [0.4, 0.5) is 5.69 Å². The molecule has 6 nitrogen and oxygen atoms in total. The molecule has 0 saturated heterocycles. The lowest BCUT2D eigenvalue weighted by Gasteiger charge is -2.14. The van der Waals surface area contributed by atoms with Crippen LogP contribution in [0.5, 0.6) is 23.0 Å². The van der Waals surface area contributed by atoms with Crippen LogP contribution in [0.15, 0.2) is 30.3 Å². The van der Waals surface area contributed by atoms with Gasteiger partial charge in [0, 0.05) is 0 Å². The van der Waals surface area contributed by atoms with Crippen LogP contribution < -0.4 is 24.7 Å². The summed E-state index contributed by atoms with van der Waals surface area (Å²) in [5.41, 5.74) is 8.30. The Hall–Kier alpha value is -3.33. The number of hydrogen-bond donors (Lipinski definition) is 1. The van der Waals surface area contributed by atoms with Gasteiger partial charge in [0.05, 0.1) is 40.7 Å². The highest BCUT2D eigenvalue weighted by atomic mass is 16.5. The van der Waals surface area contributed by atoms with Crippen molar-refractivity contribution in [1.82, 2.24) is 0 Å². The Morgan fingerprint density at radius 2 is 1.52 bits per heavy atom. The molecule has 6 heteroatoms. The molecule has 0 heterocycles. The molecule has 0 radical (unpaired) electrons. The van der Waals surface area contributed by atoms with Crippen molar-refractivity contribution in [3.63, 3.8) is 0 Å². The fraction of sp³-hybridized carbons (Fsp3) is 0.211. The second-order valence-corrected chi connectivity index (χ2v) is 5.06. The van der Waals surface area contributed by atoms with E-state index >= 15 is 0 Å². The predicted octanol–water partition coefficient (Wildman–Crippen LogP) is 3.72. The summed E-state index contributed by atoms with van der Waals surface area (Å²) in [6.07, 6.45) is 1.74. The Labute approximate surface area is 147 Å². The fourth-order valence-corrected chi connectivity index (χ4v) is 2.41. The van der Waals surface area contributed by atoms with Crippen LogP contribution in [-0.2, 0) is 0 Å². The van der Waals surface area contributed by atoms with E-state index in [1.165, 1.54) is 21.3 Å². The maximum Gasteiger partial charge on any atom is 0.203 e. The molecule has 0 aliphatic heterocycles. The van der Waals surface area contributed by atoms with Crippen molar-refractivity contribution in [3.8, 4) is 23.0 Å². The number of ether oxygens (including phenoxy) is 4. The van der Waals surface area contributed by atoms with Gasteiger partial charge in [0.15, 0.2) is 17.2 Å². The summed E-state index contributed by atoms with van der Waals surface area (Å²) < 4.78 is 21.1. The minimum Gasteiger partial charge on any atom is -0.495 e. The molecule has 2 aromatic carbocycles. The van der Waals surface area contributed by atoms with E-state index in [0.717, 1.165) is 5.56 Å². The van der Waals surface area contributed by atoms with Gasteiger partial charge in [-0.2, -0.15) is 0 Å². The summed E-state index contributed by atoms with van der Waals surface area (Å²) >= 11 is 0. The largest absolute Gasteiger partial charge is 0.495 e. The number of hydrogen-bond acceptors (Lipinski definition) is 5. The van der Waals surface area contributed by atoms with Gasteiger partial charge in [0.25, 0.3) is 0 Å². The van der Waals surface area contributed by atoms with E-state index in [1.807, 2.05) is 6.07 Å². The first-order valence-corrected chi connectivity index (χ1v) is 7.41. The molecular weight excluding hydrogens is 320 g/mol. The van der Waals surface area contributed by atoms with Crippen LogP contribution >= 0.6 is 0 Å². The van der Waals surface area contributed by atoms with E-state index in [-0.39, 0.29) is 0 Å². The van der Waals surface area contributed by atoms with Gasteiger partial charge in [0.2, 0.25) is 5.75 Å². The summed E-state index contributed by atoms with van der Waals surface area (Å²) in [6, 6.07) is 8.81. The fourth-order valence-electron chi connectivity index (χ4n) is 2.41. The monoisotopic (exact) mass is 340 g/mol. The number of nitrogen functional groups attached to an aromatic ring is 1. The van der Waals surface area contributed by atoms with Gasteiger partial charge >= 0.3 is 0 Å². The lowest BCUT2D eigenvalue weighted by atomic mass is 10.1. The lowest BCUT2D eigenvalue weighted by Crippen LogP contribution is -1.96. The molecular formula is C19H20N2O4. The Morgan fingerprint density at radius 3 is 1.96 bits per heavy atom. The number of rotatable bonds is 6. The van der Waals surface area contributed by atoms with Gasteiger partial charge in [-0.25, -0.2) is 4.85 Å². The zero-order valence-corrected chi connectivity index (χ0v) is 14.6. The number of nitrogens with two attached hydrogens (primary N) is 1. The molecule has 0 atom stereocenters.